The average molecular weight is 145 g/mol. The van der Waals surface area contributed by atoms with Crippen molar-refractivity contribution in [3.63, 3.8) is 0 Å². The van der Waals surface area contributed by atoms with Crippen molar-refractivity contribution in [3.8, 4) is 0 Å². The van der Waals surface area contributed by atoms with Gasteiger partial charge in [-0.25, -0.2) is 0 Å². The van der Waals surface area contributed by atoms with Crippen molar-refractivity contribution in [2.24, 2.45) is 5.92 Å². The normalized spacial score (nSPS) is 24.1. The summed E-state index contributed by atoms with van der Waals surface area (Å²) in [5, 5.41) is 2.55. The topological polar surface area (TPSA) is 55.4 Å². The molecule has 0 spiro atoms. The maximum atomic E-state index is 10.7. The number of carbonyl (C=O) groups is 2. The molecule has 1 aliphatic rings. The quantitative estimate of drug-likeness (QED) is 0.508. The number of rotatable bonds is 1. The van der Waals surface area contributed by atoms with Gasteiger partial charge in [-0.05, 0) is 0 Å². The highest BCUT2D eigenvalue weighted by Gasteiger charge is 2.28. The molecule has 4 nitrogen and oxygen atoms in total. The second kappa shape index (κ2) is 2.68. The van der Waals surface area contributed by atoms with Gasteiger partial charge in [-0.15, -0.1) is 0 Å². The molecular weight excluding hydrogens is 134 g/mol. The van der Waals surface area contributed by atoms with Gasteiger partial charge in [0.15, 0.2) is 0 Å². The van der Waals surface area contributed by atoms with Crippen molar-refractivity contribution in [1.29, 1.82) is 0 Å². The summed E-state index contributed by atoms with van der Waals surface area (Å²) >= 11 is 0. The molecule has 10 heavy (non-hydrogen) atoms. The van der Waals surface area contributed by atoms with Crippen LogP contribution in [-0.4, -0.2) is 25.5 Å². The molecule has 1 amide bonds. The van der Waals surface area contributed by atoms with Crippen LogP contribution in [0.1, 0.15) is 7.85 Å². The number of carbonyl (C=O) groups excluding carboxylic acids is 2. The molecule has 4 heteroatoms. The zero-order valence-electron chi connectivity index (χ0n) is 5.72. The summed E-state index contributed by atoms with van der Waals surface area (Å²) in [7, 11) is 1.32. The number of amides is 1. The standard InChI is InChI=1S/C6H9NO3.H2/c1-10-6(9)4-2-5(8)7-3-4;/h4H,2-3H2,1H3,(H,7,8);1H. The molecule has 0 aromatic heterocycles. The molecule has 0 aromatic carbocycles. The van der Waals surface area contributed by atoms with Crippen LogP contribution in [0.5, 0.6) is 0 Å². The van der Waals surface area contributed by atoms with Gasteiger partial charge >= 0.3 is 5.97 Å². The highest BCUT2D eigenvalue weighted by molar-refractivity contribution is 5.86. The molecule has 1 fully saturated rings. The maximum Gasteiger partial charge on any atom is 0.310 e. The van der Waals surface area contributed by atoms with Crippen LogP contribution in [0.15, 0.2) is 0 Å². The average Bonchev–Trinajstić information content (AvgIpc) is 2.34. The summed E-state index contributed by atoms with van der Waals surface area (Å²) in [6.45, 7) is 0.422. The SMILES string of the molecule is COC(=O)C1CNC(=O)C1.[HH]. The number of ether oxygens (including phenoxy) is 1. The third-order valence-electron chi connectivity index (χ3n) is 1.51. The molecule has 58 valence electrons. The Morgan fingerprint density at radius 2 is 2.60 bits per heavy atom. The molecule has 1 saturated heterocycles. The molecule has 1 N–H and O–H groups in total. The van der Waals surface area contributed by atoms with Crippen LogP contribution in [0.4, 0.5) is 0 Å². The zero-order valence-corrected chi connectivity index (χ0v) is 5.72. The van der Waals surface area contributed by atoms with E-state index in [2.05, 4.69) is 10.1 Å². The fourth-order valence-electron chi connectivity index (χ4n) is 0.938. The van der Waals surface area contributed by atoms with Gasteiger partial charge in [0.05, 0.1) is 13.0 Å². The van der Waals surface area contributed by atoms with E-state index in [0.717, 1.165) is 0 Å². The number of hydrogen-bond acceptors (Lipinski definition) is 3. The summed E-state index contributed by atoms with van der Waals surface area (Å²) in [6, 6.07) is 0. The second-order valence-electron chi connectivity index (χ2n) is 2.23. The third-order valence-corrected chi connectivity index (χ3v) is 1.51. The van der Waals surface area contributed by atoms with Crippen LogP contribution in [0.25, 0.3) is 0 Å². The van der Waals surface area contributed by atoms with Gasteiger partial charge in [0.2, 0.25) is 5.91 Å². The van der Waals surface area contributed by atoms with E-state index in [4.69, 9.17) is 0 Å². The van der Waals surface area contributed by atoms with Crippen molar-refractivity contribution in [2.75, 3.05) is 13.7 Å². The summed E-state index contributed by atoms with van der Waals surface area (Å²) in [5.41, 5.74) is 0. The second-order valence-corrected chi connectivity index (χ2v) is 2.23. The lowest BCUT2D eigenvalue weighted by Gasteiger charge is -2.01. The van der Waals surface area contributed by atoms with E-state index in [-0.39, 0.29) is 25.6 Å². The van der Waals surface area contributed by atoms with Crippen LogP contribution in [-0.2, 0) is 14.3 Å². The molecule has 1 unspecified atom stereocenters. The van der Waals surface area contributed by atoms with Crippen LogP contribution in [0.3, 0.4) is 0 Å². The maximum absolute atomic E-state index is 10.7. The first kappa shape index (κ1) is 7.05. The van der Waals surface area contributed by atoms with Gasteiger partial charge in [-0.1, -0.05) is 0 Å². The molecule has 0 aliphatic carbocycles. The van der Waals surface area contributed by atoms with E-state index >= 15 is 0 Å². The molecule has 0 saturated carbocycles. The molecule has 0 radical (unpaired) electrons. The highest BCUT2D eigenvalue weighted by Crippen LogP contribution is 2.09. The molecule has 1 aliphatic heterocycles. The van der Waals surface area contributed by atoms with Gasteiger partial charge in [0, 0.05) is 14.4 Å². The Morgan fingerprint density at radius 1 is 1.90 bits per heavy atom. The first-order chi connectivity index (χ1) is 4.74. The Hall–Kier alpha value is -1.06. The summed E-state index contributed by atoms with van der Waals surface area (Å²) in [6.07, 6.45) is 0.271. The smallest absolute Gasteiger partial charge is 0.310 e. The largest absolute Gasteiger partial charge is 0.469 e. The van der Waals surface area contributed by atoms with Crippen LogP contribution >= 0.6 is 0 Å². The molecule has 0 bridgehead atoms. The lowest BCUT2D eigenvalue weighted by atomic mass is 10.1. The van der Waals surface area contributed by atoms with E-state index in [1.807, 2.05) is 0 Å². The van der Waals surface area contributed by atoms with Crippen LogP contribution in [0, 0.1) is 5.92 Å². The first-order valence-electron chi connectivity index (χ1n) is 3.08. The summed E-state index contributed by atoms with van der Waals surface area (Å²) in [4.78, 5) is 21.3. The first-order valence-corrected chi connectivity index (χ1v) is 3.08. The predicted octanol–water partition coefficient (Wildman–Crippen LogP) is -0.459. The Morgan fingerprint density at radius 3 is 3.00 bits per heavy atom. The lowest BCUT2D eigenvalue weighted by molar-refractivity contribution is -0.145. The van der Waals surface area contributed by atoms with Crippen molar-refractivity contribution < 1.29 is 15.8 Å². The molecule has 1 atom stereocenters. The van der Waals surface area contributed by atoms with Crippen molar-refractivity contribution in [1.82, 2.24) is 5.32 Å². The number of hydrogen-bond donors (Lipinski definition) is 1. The van der Waals surface area contributed by atoms with Crippen molar-refractivity contribution in [3.05, 3.63) is 0 Å². The minimum absolute atomic E-state index is 0. The minimum Gasteiger partial charge on any atom is -0.469 e. The van der Waals surface area contributed by atoms with Gasteiger partial charge in [-0.2, -0.15) is 0 Å². The fraction of sp³-hybridized carbons (Fsp3) is 0.667. The van der Waals surface area contributed by atoms with Crippen LogP contribution < -0.4 is 5.32 Å². The minimum atomic E-state index is -0.307. The fourth-order valence-corrected chi connectivity index (χ4v) is 0.938. The summed E-state index contributed by atoms with van der Waals surface area (Å²) in [5.74, 6) is -0.647. The molecule has 0 aromatic rings. The van der Waals surface area contributed by atoms with Gasteiger partial charge in [-0.3, -0.25) is 9.59 Å². The van der Waals surface area contributed by atoms with E-state index in [9.17, 15) is 9.59 Å². The van der Waals surface area contributed by atoms with E-state index in [0.29, 0.717) is 6.54 Å². The Balaban J connectivity index is 0.000001000. The highest BCUT2D eigenvalue weighted by atomic mass is 16.5. The Bertz CT molecular complexity index is 171. The van der Waals surface area contributed by atoms with Crippen LogP contribution in [0.2, 0.25) is 0 Å². The zero-order chi connectivity index (χ0) is 7.56. The molecule has 1 heterocycles. The number of methoxy groups -OCH3 is 1. The predicted molar refractivity (Wildman–Crippen MR) is 35.2 cm³/mol. The number of esters is 1. The van der Waals surface area contributed by atoms with Gasteiger partial charge in [0.1, 0.15) is 0 Å². The van der Waals surface area contributed by atoms with Crippen molar-refractivity contribution >= 4 is 11.9 Å². The van der Waals surface area contributed by atoms with E-state index < -0.39 is 0 Å². The lowest BCUT2D eigenvalue weighted by Crippen LogP contribution is -2.19. The van der Waals surface area contributed by atoms with Crippen molar-refractivity contribution in [2.45, 2.75) is 6.42 Å². The molecule has 1 rings (SSSR count). The van der Waals surface area contributed by atoms with E-state index in [1.165, 1.54) is 7.11 Å². The summed E-state index contributed by atoms with van der Waals surface area (Å²) < 4.78 is 4.45. The van der Waals surface area contributed by atoms with Gasteiger partial charge < -0.3 is 10.1 Å². The Kier molecular flexibility index (Phi) is 1.89. The van der Waals surface area contributed by atoms with Gasteiger partial charge in [0.25, 0.3) is 0 Å². The monoisotopic (exact) mass is 145 g/mol. The Labute approximate surface area is 60.0 Å². The molecular formula is C6H11NO3. The number of nitrogens with one attached hydrogen (secondary N) is 1. The third kappa shape index (κ3) is 1.26. The van der Waals surface area contributed by atoms with E-state index in [1.54, 1.807) is 0 Å².